The number of hydrogen-bond donors (Lipinski definition) is 3. The lowest BCUT2D eigenvalue weighted by molar-refractivity contribution is -0.140. The molecule has 3 aromatic rings. The van der Waals surface area contributed by atoms with E-state index >= 15 is 0 Å². The molecule has 0 saturated heterocycles. The van der Waals surface area contributed by atoms with Gasteiger partial charge in [-0.2, -0.15) is 0 Å². The zero-order chi connectivity index (χ0) is 21.6. The summed E-state index contributed by atoms with van der Waals surface area (Å²) in [6.45, 7) is 2.97. The summed E-state index contributed by atoms with van der Waals surface area (Å²) >= 11 is 3.27. The van der Waals surface area contributed by atoms with Gasteiger partial charge in [-0.15, -0.1) is 22.7 Å². The highest BCUT2D eigenvalue weighted by molar-refractivity contribution is 7.22. The number of thiazole rings is 1. The molecule has 0 radical (unpaired) electrons. The number of rotatable bonds is 9. The lowest BCUT2D eigenvalue weighted by atomic mass is 10.0. The van der Waals surface area contributed by atoms with Crippen molar-refractivity contribution in [3.63, 3.8) is 0 Å². The van der Waals surface area contributed by atoms with Gasteiger partial charge in [-0.3, -0.25) is 14.6 Å². The maximum absolute atomic E-state index is 12.6. The highest BCUT2D eigenvalue weighted by Gasteiger charge is 2.25. The molecule has 1 amide bonds. The van der Waals surface area contributed by atoms with Crippen molar-refractivity contribution in [1.29, 1.82) is 0 Å². The Morgan fingerprint density at radius 1 is 1.26 bits per heavy atom. The Morgan fingerprint density at radius 3 is 3.00 bits per heavy atom. The van der Waals surface area contributed by atoms with Crippen molar-refractivity contribution in [2.24, 2.45) is 0 Å². The van der Waals surface area contributed by atoms with E-state index in [4.69, 9.17) is 4.98 Å². The Balaban J connectivity index is 1.43. The smallest absolute Gasteiger partial charge is 0.305 e. The number of carbonyl (C=O) groups is 2. The molecular weight excluding hydrogens is 434 g/mol. The highest BCUT2D eigenvalue weighted by atomic mass is 32.1. The van der Waals surface area contributed by atoms with Crippen molar-refractivity contribution in [3.05, 3.63) is 28.9 Å². The Kier molecular flexibility index (Phi) is 7.23. The number of pyridine rings is 1. The van der Waals surface area contributed by atoms with Crippen molar-refractivity contribution in [1.82, 2.24) is 20.6 Å². The fourth-order valence-corrected chi connectivity index (χ4v) is 5.82. The molecule has 8 nitrogen and oxygen atoms in total. The quantitative estimate of drug-likeness (QED) is 0.334. The average Bonchev–Trinajstić information content (AvgIpc) is 3.36. The van der Waals surface area contributed by atoms with E-state index in [9.17, 15) is 9.59 Å². The SMILES string of the molecule is COC(=O)CCCNCCC(=O)Nc1sc2c(c1-c1nc3cnccc3s1)CCNC2. The third kappa shape index (κ3) is 5.27. The lowest BCUT2D eigenvalue weighted by Gasteiger charge is -2.13. The first-order chi connectivity index (χ1) is 15.2. The van der Waals surface area contributed by atoms with Crippen LogP contribution in [0.1, 0.15) is 29.7 Å². The topological polar surface area (TPSA) is 105 Å². The van der Waals surface area contributed by atoms with Crippen molar-refractivity contribution < 1.29 is 14.3 Å². The number of esters is 1. The second-order valence-corrected chi connectivity index (χ2v) is 9.36. The summed E-state index contributed by atoms with van der Waals surface area (Å²) in [7, 11) is 1.39. The maximum Gasteiger partial charge on any atom is 0.305 e. The standard InChI is InChI=1S/C21H25N5O3S2/c1-29-18(28)3-2-7-22-10-6-17(27)26-21-19(13-4-8-24-12-16(13)31-21)20-25-14-11-23-9-5-15(14)30-20/h5,9,11,22,24H,2-4,6-8,10,12H2,1H3,(H,26,27). The number of carbonyl (C=O) groups excluding carboxylic acids is 2. The van der Waals surface area contributed by atoms with Gasteiger partial charge in [0.15, 0.2) is 0 Å². The summed E-state index contributed by atoms with van der Waals surface area (Å²) in [6.07, 6.45) is 5.91. The first-order valence-corrected chi connectivity index (χ1v) is 11.9. The molecule has 0 bridgehead atoms. The van der Waals surface area contributed by atoms with Gasteiger partial charge in [0, 0.05) is 42.6 Å². The molecule has 0 atom stereocenters. The summed E-state index contributed by atoms with van der Waals surface area (Å²) in [5, 5.41) is 11.5. The van der Waals surface area contributed by atoms with Gasteiger partial charge < -0.3 is 20.7 Å². The molecule has 3 aromatic heterocycles. The Bertz CT molecular complexity index is 1050. The van der Waals surface area contributed by atoms with Gasteiger partial charge >= 0.3 is 5.97 Å². The first-order valence-electron chi connectivity index (χ1n) is 10.3. The number of anilines is 1. The van der Waals surface area contributed by atoms with Gasteiger partial charge in [-0.25, -0.2) is 4.98 Å². The third-order valence-corrected chi connectivity index (χ3v) is 7.28. The lowest BCUT2D eigenvalue weighted by Crippen LogP contribution is -2.23. The van der Waals surface area contributed by atoms with Crippen LogP contribution in [0.5, 0.6) is 0 Å². The monoisotopic (exact) mass is 459 g/mol. The number of methoxy groups -OCH3 is 1. The van der Waals surface area contributed by atoms with Crippen molar-refractivity contribution in [3.8, 4) is 10.6 Å². The second-order valence-electron chi connectivity index (χ2n) is 7.22. The zero-order valence-corrected chi connectivity index (χ0v) is 19.0. The van der Waals surface area contributed by atoms with E-state index in [2.05, 4.69) is 25.7 Å². The fourth-order valence-electron chi connectivity index (χ4n) is 3.51. The summed E-state index contributed by atoms with van der Waals surface area (Å²) in [4.78, 5) is 33.9. The van der Waals surface area contributed by atoms with E-state index in [1.807, 2.05) is 6.07 Å². The molecule has 0 aliphatic carbocycles. The van der Waals surface area contributed by atoms with Gasteiger partial charge in [0.25, 0.3) is 0 Å². The predicted octanol–water partition coefficient (Wildman–Crippen LogP) is 2.94. The fraction of sp³-hybridized carbons (Fsp3) is 0.429. The van der Waals surface area contributed by atoms with E-state index in [1.54, 1.807) is 35.1 Å². The van der Waals surface area contributed by atoms with Crippen LogP contribution in [0.25, 0.3) is 20.8 Å². The van der Waals surface area contributed by atoms with Crippen LogP contribution in [-0.4, -0.2) is 48.6 Å². The average molecular weight is 460 g/mol. The minimum Gasteiger partial charge on any atom is -0.469 e. The number of aromatic nitrogens is 2. The van der Waals surface area contributed by atoms with E-state index in [-0.39, 0.29) is 11.9 Å². The molecule has 4 rings (SSSR count). The molecule has 1 aliphatic heterocycles. The first kappa shape index (κ1) is 21.8. The summed E-state index contributed by atoms with van der Waals surface area (Å²) in [5.41, 5.74) is 3.22. The van der Waals surface area contributed by atoms with Gasteiger partial charge in [0.05, 0.1) is 18.0 Å². The maximum atomic E-state index is 12.6. The normalized spacial score (nSPS) is 13.2. The number of nitrogens with zero attached hydrogens (tertiary/aromatic N) is 2. The molecule has 1 aliphatic rings. The van der Waals surface area contributed by atoms with Gasteiger partial charge in [0.1, 0.15) is 15.5 Å². The minimum atomic E-state index is -0.214. The van der Waals surface area contributed by atoms with Gasteiger partial charge in [-0.1, -0.05) is 0 Å². The number of ether oxygens (including phenoxy) is 1. The molecule has 0 aromatic carbocycles. The van der Waals surface area contributed by atoms with E-state index in [1.165, 1.54) is 17.6 Å². The minimum absolute atomic E-state index is 0.0314. The van der Waals surface area contributed by atoms with Crippen molar-refractivity contribution in [2.45, 2.75) is 32.2 Å². The van der Waals surface area contributed by atoms with Crippen molar-refractivity contribution in [2.75, 3.05) is 32.1 Å². The number of nitrogens with one attached hydrogen (secondary N) is 3. The Labute approximate surface area is 188 Å². The highest BCUT2D eigenvalue weighted by Crippen LogP contribution is 2.44. The van der Waals surface area contributed by atoms with Crippen LogP contribution in [0.15, 0.2) is 18.5 Å². The third-order valence-electron chi connectivity index (χ3n) is 5.08. The van der Waals surface area contributed by atoms with E-state index < -0.39 is 0 Å². The molecule has 31 heavy (non-hydrogen) atoms. The summed E-state index contributed by atoms with van der Waals surface area (Å²) in [5.74, 6) is -0.245. The van der Waals surface area contributed by atoms with E-state index in [0.29, 0.717) is 32.4 Å². The van der Waals surface area contributed by atoms with Gasteiger partial charge in [0.2, 0.25) is 5.91 Å². The van der Waals surface area contributed by atoms with Crippen LogP contribution < -0.4 is 16.0 Å². The number of fused-ring (bicyclic) bond motifs is 2. The van der Waals surface area contributed by atoms with Crippen LogP contribution in [-0.2, 0) is 27.3 Å². The van der Waals surface area contributed by atoms with Crippen LogP contribution in [0.3, 0.4) is 0 Å². The molecule has 164 valence electrons. The van der Waals surface area contributed by atoms with Crippen LogP contribution in [0, 0.1) is 0 Å². The molecule has 10 heteroatoms. The van der Waals surface area contributed by atoms with E-state index in [0.717, 1.165) is 45.3 Å². The van der Waals surface area contributed by atoms with Gasteiger partial charge in [-0.05, 0) is 37.6 Å². The van der Waals surface area contributed by atoms with Crippen LogP contribution >= 0.6 is 22.7 Å². The molecule has 4 heterocycles. The predicted molar refractivity (Wildman–Crippen MR) is 124 cm³/mol. The molecule has 0 unspecified atom stereocenters. The summed E-state index contributed by atoms with van der Waals surface area (Å²) < 4.78 is 5.71. The van der Waals surface area contributed by atoms with Crippen LogP contribution in [0.2, 0.25) is 0 Å². The Hall–Kier alpha value is -2.40. The van der Waals surface area contributed by atoms with Crippen LogP contribution in [0.4, 0.5) is 5.00 Å². The van der Waals surface area contributed by atoms with Crippen molar-refractivity contribution >= 4 is 49.8 Å². The molecular formula is C21H25N5O3S2. The molecule has 0 fully saturated rings. The molecule has 3 N–H and O–H groups in total. The summed E-state index contributed by atoms with van der Waals surface area (Å²) in [6, 6.07) is 1.97. The number of thiophene rings is 1. The number of hydrogen-bond acceptors (Lipinski definition) is 9. The Morgan fingerprint density at radius 2 is 2.16 bits per heavy atom. The number of amides is 1. The zero-order valence-electron chi connectivity index (χ0n) is 17.3. The molecule has 0 saturated carbocycles. The largest absolute Gasteiger partial charge is 0.469 e. The second kappa shape index (κ2) is 10.3. The molecule has 0 spiro atoms.